The molecule has 1 aromatic heterocycles. The summed E-state index contributed by atoms with van der Waals surface area (Å²) in [5, 5.41) is 10.1. The maximum absolute atomic E-state index is 12.2. The van der Waals surface area contributed by atoms with E-state index in [0.29, 0.717) is 24.5 Å². The summed E-state index contributed by atoms with van der Waals surface area (Å²) in [4.78, 5) is 0. The molecule has 5 nitrogen and oxygen atoms in total. The van der Waals surface area contributed by atoms with Gasteiger partial charge in [-0.2, -0.15) is 0 Å². The Morgan fingerprint density at radius 3 is 2.41 bits per heavy atom. The standard InChI is InChI=1S/C33H34O5S/c34-28-16-19-32-27(23-28)11-7-13-31(25-9-3-1-4-10-25)33(32)26-14-17-29(18-15-26)37-20-5-2-6-22-39(35,36)24-30-12-8-21-38-30/h1,3-4,8-10,12,14-19,21,23,34H,2,5-7,11,13,20,22,24H2. The number of sulfone groups is 1. The normalized spacial score (nSPS) is 13.6. The summed E-state index contributed by atoms with van der Waals surface area (Å²) in [5.74, 6) is 1.69. The molecule has 0 saturated heterocycles. The van der Waals surface area contributed by atoms with Gasteiger partial charge in [0.25, 0.3) is 0 Å². The highest BCUT2D eigenvalue weighted by molar-refractivity contribution is 7.90. The molecular weight excluding hydrogens is 508 g/mol. The van der Waals surface area contributed by atoms with Crippen molar-refractivity contribution >= 4 is 21.0 Å². The van der Waals surface area contributed by atoms with Crippen LogP contribution in [0.15, 0.2) is 95.6 Å². The number of hydrogen-bond donors (Lipinski definition) is 1. The van der Waals surface area contributed by atoms with Crippen molar-refractivity contribution in [3.05, 3.63) is 119 Å². The Morgan fingerprint density at radius 1 is 0.821 bits per heavy atom. The minimum atomic E-state index is -3.16. The second-order valence-electron chi connectivity index (χ2n) is 10.0. The van der Waals surface area contributed by atoms with Gasteiger partial charge in [0, 0.05) is 0 Å². The molecule has 0 unspecified atom stereocenters. The number of furan rings is 1. The molecule has 6 heteroatoms. The summed E-state index contributed by atoms with van der Waals surface area (Å²) in [6.45, 7) is 0.539. The van der Waals surface area contributed by atoms with Gasteiger partial charge in [-0.05, 0) is 108 Å². The fourth-order valence-corrected chi connectivity index (χ4v) is 6.61. The molecule has 0 spiro atoms. The van der Waals surface area contributed by atoms with Crippen molar-refractivity contribution in [1.29, 1.82) is 0 Å². The van der Waals surface area contributed by atoms with E-state index in [1.54, 1.807) is 18.2 Å². The van der Waals surface area contributed by atoms with Crippen LogP contribution in [0.4, 0.5) is 0 Å². The van der Waals surface area contributed by atoms with Gasteiger partial charge in [-0.3, -0.25) is 0 Å². The predicted molar refractivity (Wildman–Crippen MR) is 155 cm³/mol. The molecular formula is C33H34O5S. The quantitative estimate of drug-likeness (QED) is 0.199. The highest BCUT2D eigenvalue weighted by atomic mass is 32.2. The second kappa shape index (κ2) is 12.4. The molecule has 0 aliphatic heterocycles. The van der Waals surface area contributed by atoms with Crippen molar-refractivity contribution in [2.45, 2.75) is 44.3 Å². The van der Waals surface area contributed by atoms with E-state index < -0.39 is 9.84 Å². The highest BCUT2D eigenvalue weighted by Gasteiger charge is 2.20. The third-order valence-electron chi connectivity index (χ3n) is 7.11. The van der Waals surface area contributed by atoms with Gasteiger partial charge in [-0.25, -0.2) is 8.42 Å². The summed E-state index contributed by atoms with van der Waals surface area (Å²) < 4.78 is 35.6. The molecule has 0 atom stereocenters. The van der Waals surface area contributed by atoms with Gasteiger partial charge in [0.05, 0.1) is 18.6 Å². The lowest BCUT2D eigenvalue weighted by molar-refractivity contribution is 0.306. The minimum absolute atomic E-state index is 0.0447. The number of rotatable bonds is 11. The number of allylic oxidation sites excluding steroid dienone is 1. The maximum atomic E-state index is 12.2. The molecule has 1 N–H and O–H groups in total. The van der Waals surface area contributed by atoms with Gasteiger partial charge >= 0.3 is 0 Å². The molecule has 1 aliphatic carbocycles. The van der Waals surface area contributed by atoms with E-state index in [2.05, 4.69) is 36.4 Å². The summed E-state index contributed by atoms with van der Waals surface area (Å²) in [6.07, 6.45) is 6.59. The largest absolute Gasteiger partial charge is 0.508 e. The molecule has 1 heterocycles. The number of fused-ring (bicyclic) bond motifs is 1. The Hall–Kier alpha value is -3.77. The molecule has 0 fully saturated rings. The smallest absolute Gasteiger partial charge is 0.157 e. The fourth-order valence-electron chi connectivity index (χ4n) is 5.22. The van der Waals surface area contributed by atoms with Crippen LogP contribution in [0.5, 0.6) is 11.5 Å². The topological polar surface area (TPSA) is 76.7 Å². The number of benzene rings is 3. The van der Waals surface area contributed by atoms with E-state index in [9.17, 15) is 13.5 Å². The molecule has 0 saturated carbocycles. The van der Waals surface area contributed by atoms with Crippen LogP contribution in [0, 0.1) is 0 Å². The number of hydrogen-bond acceptors (Lipinski definition) is 5. The van der Waals surface area contributed by atoms with Gasteiger partial charge in [0.2, 0.25) is 0 Å². The van der Waals surface area contributed by atoms with Crippen LogP contribution in [0.3, 0.4) is 0 Å². The predicted octanol–water partition coefficient (Wildman–Crippen LogP) is 7.44. The molecule has 0 radical (unpaired) electrons. The van der Waals surface area contributed by atoms with Gasteiger partial charge in [0.1, 0.15) is 23.0 Å². The van der Waals surface area contributed by atoms with E-state index in [0.717, 1.165) is 43.4 Å². The van der Waals surface area contributed by atoms with Crippen LogP contribution < -0.4 is 4.74 Å². The summed E-state index contributed by atoms with van der Waals surface area (Å²) in [7, 11) is -3.16. The van der Waals surface area contributed by atoms with Crippen LogP contribution in [-0.2, 0) is 22.0 Å². The maximum Gasteiger partial charge on any atom is 0.157 e. The van der Waals surface area contributed by atoms with Gasteiger partial charge in [0.15, 0.2) is 9.84 Å². The average molecular weight is 543 g/mol. The molecule has 1 aliphatic rings. The SMILES string of the molecule is O=S(=O)(CCCCCOc1ccc(C2=C(c3ccccc3)CCCc3cc(O)ccc32)cc1)Cc1ccco1. The summed E-state index contributed by atoms with van der Waals surface area (Å²) >= 11 is 0. The third kappa shape index (κ3) is 7.01. The molecule has 0 bridgehead atoms. The summed E-state index contributed by atoms with van der Waals surface area (Å²) in [6, 6.07) is 27.8. The first-order valence-corrected chi connectivity index (χ1v) is 15.4. The number of aryl methyl sites for hydroxylation is 1. The lowest BCUT2D eigenvalue weighted by atomic mass is 9.88. The number of ether oxygens (including phenoxy) is 1. The minimum Gasteiger partial charge on any atom is -0.508 e. The number of phenols is 1. The van der Waals surface area contributed by atoms with Crippen molar-refractivity contribution in [1.82, 2.24) is 0 Å². The Morgan fingerprint density at radius 2 is 1.64 bits per heavy atom. The Balaban J connectivity index is 1.23. The van der Waals surface area contributed by atoms with Crippen molar-refractivity contribution < 1.29 is 22.7 Å². The summed E-state index contributed by atoms with van der Waals surface area (Å²) in [5.41, 5.74) is 7.20. The van der Waals surface area contributed by atoms with Crippen LogP contribution in [-0.4, -0.2) is 25.9 Å². The molecule has 39 heavy (non-hydrogen) atoms. The highest BCUT2D eigenvalue weighted by Crippen LogP contribution is 2.41. The van der Waals surface area contributed by atoms with Gasteiger partial charge in [-0.1, -0.05) is 48.5 Å². The van der Waals surface area contributed by atoms with E-state index >= 15 is 0 Å². The fraction of sp³-hybridized carbons (Fsp3) is 0.273. The zero-order valence-electron chi connectivity index (χ0n) is 22.0. The lowest BCUT2D eigenvalue weighted by Gasteiger charge is -2.17. The lowest BCUT2D eigenvalue weighted by Crippen LogP contribution is -2.09. The van der Waals surface area contributed by atoms with Crippen molar-refractivity contribution in [2.24, 2.45) is 0 Å². The van der Waals surface area contributed by atoms with Crippen molar-refractivity contribution in [3.8, 4) is 11.5 Å². The van der Waals surface area contributed by atoms with Gasteiger partial charge < -0.3 is 14.3 Å². The van der Waals surface area contributed by atoms with E-state index in [4.69, 9.17) is 9.15 Å². The van der Waals surface area contributed by atoms with Crippen molar-refractivity contribution in [3.63, 3.8) is 0 Å². The van der Waals surface area contributed by atoms with Crippen LogP contribution in [0.25, 0.3) is 11.1 Å². The molecule has 4 aromatic rings. The second-order valence-corrected chi connectivity index (χ2v) is 12.2. The number of phenolic OH excluding ortho intramolecular Hbond substituents is 1. The van der Waals surface area contributed by atoms with E-state index in [1.165, 1.54) is 34.1 Å². The zero-order chi connectivity index (χ0) is 27.1. The number of unbranched alkanes of at least 4 members (excludes halogenated alkanes) is 2. The van der Waals surface area contributed by atoms with E-state index in [-0.39, 0.29) is 11.5 Å². The molecule has 5 rings (SSSR count). The molecule has 202 valence electrons. The van der Waals surface area contributed by atoms with Crippen LogP contribution >= 0.6 is 0 Å². The first kappa shape index (κ1) is 26.8. The third-order valence-corrected chi connectivity index (χ3v) is 8.74. The van der Waals surface area contributed by atoms with E-state index in [1.807, 2.05) is 30.3 Å². The first-order chi connectivity index (χ1) is 19.0. The number of aromatic hydroxyl groups is 1. The monoisotopic (exact) mass is 542 g/mol. The van der Waals surface area contributed by atoms with Crippen molar-refractivity contribution in [2.75, 3.05) is 12.4 Å². The van der Waals surface area contributed by atoms with Crippen LogP contribution in [0.1, 0.15) is 60.1 Å². The Kier molecular flexibility index (Phi) is 8.52. The Bertz CT molecular complexity index is 1500. The Labute approximate surface area is 230 Å². The zero-order valence-corrected chi connectivity index (χ0v) is 22.8. The average Bonchev–Trinajstić information content (AvgIpc) is 3.36. The van der Waals surface area contributed by atoms with Crippen LogP contribution in [0.2, 0.25) is 0 Å². The molecule has 3 aromatic carbocycles. The van der Waals surface area contributed by atoms with Gasteiger partial charge in [-0.15, -0.1) is 0 Å². The molecule has 0 amide bonds. The first-order valence-electron chi connectivity index (χ1n) is 13.6.